The average Bonchev–Trinajstić information content (AvgIpc) is 3.15. The minimum atomic E-state index is -0.890. The topological polar surface area (TPSA) is 49.7 Å². The number of amides is 2. The quantitative estimate of drug-likeness (QED) is 0.199. The third-order valence-electron chi connectivity index (χ3n) is 8.51. The smallest absolute Gasteiger partial charge is 0.239 e. The molecule has 0 unspecified atom stereocenters. The Balaban J connectivity index is 1.52. The Kier molecular flexibility index (Phi) is 5.11. The summed E-state index contributed by atoms with van der Waals surface area (Å²) < 4.78 is 0.932. The van der Waals surface area contributed by atoms with Gasteiger partial charge in [-0.1, -0.05) is 88.2 Å². The van der Waals surface area contributed by atoms with Crippen LogP contribution in [-0.4, -0.2) is 18.0 Å². The van der Waals surface area contributed by atoms with Gasteiger partial charge < -0.3 is 0 Å². The maximum Gasteiger partial charge on any atom is 0.239 e. The lowest BCUT2D eigenvalue weighted by Crippen LogP contribution is -2.51. The van der Waals surface area contributed by atoms with Crippen LogP contribution in [0.5, 0.6) is 0 Å². The molecular formula is C33H25BrN2O2. The van der Waals surface area contributed by atoms with Gasteiger partial charge in [0.1, 0.15) is 0 Å². The summed E-state index contributed by atoms with van der Waals surface area (Å²) in [5.41, 5.74) is 6.77. The standard InChI is InChI=1S/C33H25BrN2O2/c1-19-10-15-27(20(2)16-19)36-31(37)29-28-21-11-13-22(14-12-21)33(30(29)32(36)38,26-9-4-3-8-25(26)28)18-35-24-7-5-6-23(34)17-24/h3-18,28-30H,1-2H3/t28-,29-,30-,33-/m0/s1. The summed E-state index contributed by atoms with van der Waals surface area (Å²) in [6.45, 7) is 3.98. The van der Waals surface area contributed by atoms with Gasteiger partial charge >= 0.3 is 0 Å². The second-order valence-corrected chi connectivity index (χ2v) is 11.5. The van der Waals surface area contributed by atoms with Gasteiger partial charge in [-0.15, -0.1) is 0 Å². The molecule has 4 nitrogen and oxygen atoms in total. The monoisotopic (exact) mass is 560 g/mol. The second kappa shape index (κ2) is 8.34. The van der Waals surface area contributed by atoms with Crippen LogP contribution in [0.3, 0.4) is 0 Å². The van der Waals surface area contributed by atoms with Gasteiger partial charge in [0.05, 0.1) is 28.6 Å². The first-order valence-electron chi connectivity index (χ1n) is 12.9. The Bertz CT molecular complexity index is 1670. The lowest BCUT2D eigenvalue weighted by Gasteiger charge is -2.48. The summed E-state index contributed by atoms with van der Waals surface area (Å²) in [6.07, 6.45) is 1.93. The van der Waals surface area contributed by atoms with Crippen molar-refractivity contribution in [2.75, 3.05) is 4.90 Å². The number of aliphatic imine (C=N–C) groups is 1. The minimum absolute atomic E-state index is 0.130. The highest BCUT2D eigenvalue weighted by atomic mass is 79.9. The van der Waals surface area contributed by atoms with Crippen LogP contribution in [0.4, 0.5) is 11.4 Å². The Hall–Kier alpha value is -3.83. The lowest BCUT2D eigenvalue weighted by molar-refractivity contribution is -0.122. The molecule has 0 aromatic heterocycles. The van der Waals surface area contributed by atoms with E-state index in [1.54, 1.807) is 0 Å². The Morgan fingerprint density at radius 1 is 0.868 bits per heavy atom. The maximum atomic E-state index is 14.6. The predicted octanol–water partition coefficient (Wildman–Crippen LogP) is 7.02. The van der Waals surface area contributed by atoms with Crippen LogP contribution in [0, 0.1) is 25.7 Å². The van der Waals surface area contributed by atoms with Crippen molar-refractivity contribution in [2.24, 2.45) is 16.8 Å². The molecular weight excluding hydrogens is 536 g/mol. The van der Waals surface area contributed by atoms with E-state index in [0.29, 0.717) is 5.69 Å². The summed E-state index contributed by atoms with van der Waals surface area (Å²) in [5, 5.41) is 0. The van der Waals surface area contributed by atoms with Crippen LogP contribution in [0.1, 0.15) is 39.3 Å². The zero-order valence-corrected chi connectivity index (χ0v) is 22.6. The number of aryl methyl sites for hydroxylation is 2. The average molecular weight is 561 g/mol. The molecule has 38 heavy (non-hydrogen) atoms. The summed E-state index contributed by atoms with van der Waals surface area (Å²) in [4.78, 5) is 35.4. The first-order valence-corrected chi connectivity index (χ1v) is 13.6. The predicted molar refractivity (Wildman–Crippen MR) is 153 cm³/mol. The van der Waals surface area contributed by atoms with Crippen molar-refractivity contribution in [2.45, 2.75) is 25.2 Å². The molecule has 0 spiro atoms. The van der Waals surface area contributed by atoms with E-state index in [1.807, 2.05) is 74.7 Å². The molecule has 0 saturated carbocycles. The number of rotatable bonds is 3. The zero-order chi connectivity index (χ0) is 26.2. The van der Waals surface area contributed by atoms with Crippen molar-refractivity contribution >= 4 is 45.3 Å². The van der Waals surface area contributed by atoms with Crippen molar-refractivity contribution in [1.29, 1.82) is 0 Å². The molecule has 0 radical (unpaired) electrons. The Labute approximate surface area is 230 Å². The molecule has 5 aliphatic carbocycles. The van der Waals surface area contributed by atoms with E-state index in [0.717, 1.165) is 43.5 Å². The van der Waals surface area contributed by atoms with E-state index in [-0.39, 0.29) is 17.7 Å². The van der Waals surface area contributed by atoms with Gasteiger partial charge in [0.15, 0.2) is 0 Å². The summed E-state index contributed by atoms with van der Waals surface area (Å²) in [7, 11) is 0. The highest BCUT2D eigenvalue weighted by Gasteiger charge is 2.65. The van der Waals surface area contributed by atoms with Crippen LogP contribution in [0.25, 0.3) is 0 Å². The normalized spacial score (nSPS) is 25.0. The summed E-state index contributed by atoms with van der Waals surface area (Å²) in [5.74, 6) is -1.62. The molecule has 186 valence electrons. The summed E-state index contributed by atoms with van der Waals surface area (Å²) >= 11 is 3.55. The summed E-state index contributed by atoms with van der Waals surface area (Å²) in [6, 6.07) is 30.4. The number of halogens is 1. The van der Waals surface area contributed by atoms with Crippen LogP contribution >= 0.6 is 15.9 Å². The van der Waals surface area contributed by atoms with Gasteiger partial charge in [0, 0.05) is 16.6 Å². The number of nitrogens with zero attached hydrogens (tertiary/aromatic N) is 2. The van der Waals surface area contributed by atoms with Crippen molar-refractivity contribution < 1.29 is 9.59 Å². The molecule has 4 bridgehead atoms. The van der Waals surface area contributed by atoms with Crippen molar-refractivity contribution in [3.05, 3.63) is 129 Å². The molecule has 4 atom stereocenters. The third-order valence-corrected chi connectivity index (χ3v) is 9.00. The van der Waals surface area contributed by atoms with E-state index in [9.17, 15) is 9.59 Å². The van der Waals surface area contributed by atoms with Gasteiger partial charge in [-0.05, 0) is 65.9 Å². The molecule has 1 aliphatic heterocycles. The van der Waals surface area contributed by atoms with Crippen LogP contribution in [0.15, 0.2) is 100 Å². The van der Waals surface area contributed by atoms with Crippen molar-refractivity contribution in [3.63, 3.8) is 0 Å². The SMILES string of the molecule is Cc1ccc(N2C(=O)[C@H]3[C@H]4c5ccc(cc5)[C@@](C=Nc5cccc(Br)c5)(c5ccccc54)[C@@H]3C2=O)c(C)c1. The largest absolute Gasteiger partial charge is 0.274 e. The number of benzene rings is 4. The van der Waals surface area contributed by atoms with Gasteiger partial charge in [-0.25, -0.2) is 4.90 Å². The number of anilines is 1. The van der Waals surface area contributed by atoms with Crippen LogP contribution in [-0.2, 0) is 15.0 Å². The maximum absolute atomic E-state index is 14.6. The highest BCUT2D eigenvalue weighted by Crippen LogP contribution is 2.60. The van der Waals surface area contributed by atoms with E-state index < -0.39 is 17.3 Å². The molecule has 1 heterocycles. The van der Waals surface area contributed by atoms with Gasteiger partial charge in [-0.3, -0.25) is 14.6 Å². The molecule has 0 N–H and O–H groups in total. The molecule has 6 aliphatic rings. The molecule has 5 heteroatoms. The third kappa shape index (κ3) is 3.11. The number of carbonyl (C=O) groups excluding carboxylic acids is 2. The molecule has 1 fully saturated rings. The first-order chi connectivity index (χ1) is 18.4. The van der Waals surface area contributed by atoms with E-state index in [2.05, 4.69) is 52.3 Å². The fraction of sp³-hybridized carbons (Fsp3) is 0.182. The van der Waals surface area contributed by atoms with E-state index in [4.69, 9.17) is 4.99 Å². The Morgan fingerprint density at radius 2 is 1.66 bits per heavy atom. The number of hydrogen-bond acceptors (Lipinski definition) is 3. The fourth-order valence-corrected chi connectivity index (χ4v) is 7.34. The fourth-order valence-electron chi connectivity index (χ4n) is 6.95. The molecule has 4 aromatic carbocycles. The number of hydrogen-bond donors (Lipinski definition) is 0. The Morgan fingerprint density at radius 3 is 2.42 bits per heavy atom. The van der Waals surface area contributed by atoms with Crippen molar-refractivity contribution in [3.8, 4) is 0 Å². The zero-order valence-electron chi connectivity index (χ0n) is 21.1. The van der Waals surface area contributed by atoms with E-state index in [1.165, 1.54) is 4.90 Å². The molecule has 10 rings (SSSR count). The lowest BCUT2D eigenvalue weighted by atomic mass is 9.52. The van der Waals surface area contributed by atoms with Gasteiger partial charge in [0.25, 0.3) is 0 Å². The highest BCUT2D eigenvalue weighted by molar-refractivity contribution is 9.10. The minimum Gasteiger partial charge on any atom is -0.274 e. The molecule has 4 aromatic rings. The second-order valence-electron chi connectivity index (χ2n) is 10.6. The van der Waals surface area contributed by atoms with E-state index >= 15 is 0 Å². The number of carbonyl (C=O) groups is 2. The molecule has 1 saturated heterocycles. The first kappa shape index (κ1) is 23.3. The van der Waals surface area contributed by atoms with Gasteiger partial charge in [-0.2, -0.15) is 0 Å². The van der Waals surface area contributed by atoms with Gasteiger partial charge in [0.2, 0.25) is 11.8 Å². The molecule has 2 amide bonds. The van der Waals surface area contributed by atoms with Crippen molar-refractivity contribution in [1.82, 2.24) is 0 Å². The number of imide groups is 1. The van der Waals surface area contributed by atoms with Crippen LogP contribution < -0.4 is 4.90 Å². The van der Waals surface area contributed by atoms with Crippen LogP contribution in [0.2, 0.25) is 0 Å².